The molecule has 3 saturated heterocycles. The summed E-state index contributed by atoms with van der Waals surface area (Å²) in [6.45, 7) is 4.38. The van der Waals surface area contributed by atoms with E-state index in [2.05, 4.69) is 16.8 Å². The maximum atomic E-state index is 10.3. The van der Waals surface area contributed by atoms with Crippen LogP contribution in [0, 0.1) is 0 Å². The van der Waals surface area contributed by atoms with Crippen LogP contribution in [0.15, 0.2) is 0 Å². The number of fused-ring (bicyclic) bond motifs is 2. The van der Waals surface area contributed by atoms with Crippen LogP contribution < -0.4 is 5.73 Å². The quantitative estimate of drug-likeness (QED) is 0.557. The SMILES string of the molecule is CN1CCN(C2C3OCC(O3)C(N)C2O)CC1. The van der Waals surface area contributed by atoms with Crippen molar-refractivity contribution in [2.45, 2.75) is 30.6 Å². The standard InChI is InChI=1S/C11H21N3O3/c1-13-2-4-14(5-3-13)9-10(15)8(12)7-6-16-11(9)17-7/h7-11,15H,2-6,12H2,1H3. The van der Waals surface area contributed by atoms with Crippen molar-refractivity contribution in [3.05, 3.63) is 0 Å². The number of rotatable bonds is 1. The zero-order valence-corrected chi connectivity index (χ0v) is 10.2. The fourth-order valence-corrected chi connectivity index (χ4v) is 2.94. The van der Waals surface area contributed by atoms with Gasteiger partial charge in [-0.2, -0.15) is 0 Å². The molecule has 17 heavy (non-hydrogen) atoms. The highest BCUT2D eigenvalue weighted by Gasteiger charge is 2.50. The smallest absolute Gasteiger partial charge is 0.176 e. The molecule has 0 aromatic rings. The molecule has 3 fully saturated rings. The van der Waals surface area contributed by atoms with Crippen molar-refractivity contribution in [3.8, 4) is 0 Å². The number of aliphatic hydroxyl groups excluding tert-OH is 1. The number of likely N-dealkylation sites (N-methyl/N-ethyl adjacent to an activating group) is 1. The van der Waals surface area contributed by atoms with Gasteiger partial charge in [-0.1, -0.05) is 0 Å². The molecule has 3 heterocycles. The van der Waals surface area contributed by atoms with E-state index in [4.69, 9.17) is 15.2 Å². The molecule has 3 rings (SSSR count). The largest absolute Gasteiger partial charge is 0.390 e. The predicted molar refractivity (Wildman–Crippen MR) is 61.5 cm³/mol. The number of aliphatic hydroxyl groups is 1. The summed E-state index contributed by atoms with van der Waals surface area (Å²) in [5.74, 6) is 0. The third kappa shape index (κ3) is 1.99. The van der Waals surface area contributed by atoms with Gasteiger partial charge in [0, 0.05) is 26.2 Å². The maximum Gasteiger partial charge on any atom is 0.176 e. The van der Waals surface area contributed by atoms with Crippen molar-refractivity contribution >= 4 is 0 Å². The molecule has 0 aliphatic carbocycles. The van der Waals surface area contributed by atoms with E-state index in [0.717, 1.165) is 26.2 Å². The summed E-state index contributed by atoms with van der Waals surface area (Å²) in [6.07, 6.45) is -0.999. The highest BCUT2D eigenvalue weighted by molar-refractivity contribution is 5.00. The van der Waals surface area contributed by atoms with Crippen molar-refractivity contribution < 1.29 is 14.6 Å². The van der Waals surface area contributed by atoms with Gasteiger partial charge in [0.2, 0.25) is 0 Å². The van der Waals surface area contributed by atoms with Gasteiger partial charge >= 0.3 is 0 Å². The molecule has 0 spiro atoms. The Morgan fingerprint density at radius 2 is 1.94 bits per heavy atom. The minimum Gasteiger partial charge on any atom is -0.390 e. The van der Waals surface area contributed by atoms with Crippen LogP contribution >= 0.6 is 0 Å². The molecule has 5 atom stereocenters. The van der Waals surface area contributed by atoms with Gasteiger partial charge in [-0.15, -0.1) is 0 Å². The van der Waals surface area contributed by atoms with Gasteiger partial charge in [-0.3, -0.25) is 4.90 Å². The van der Waals surface area contributed by atoms with E-state index in [1.54, 1.807) is 0 Å². The molecule has 6 heteroatoms. The number of hydrogen-bond acceptors (Lipinski definition) is 6. The molecule has 3 aliphatic heterocycles. The summed E-state index contributed by atoms with van der Waals surface area (Å²) in [5.41, 5.74) is 5.99. The first-order valence-electron chi connectivity index (χ1n) is 6.30. The number of hydrogen-bond donors (Lipinski definition) is 2. The minimum atomic E-state index is -0.551. The number of ether oxygens (including phenoxy) is 2. The van der Waals surface area contributed by atoms with Crippen molar-refractivity contribution in [2.24, 2.45) is 5.73 Å². The van der Waals surface area contributed by atoms with Gasteiger partial charge in [0.05, 0.1) is 24.8 Å². The maximum absolute atomic E-state index is 10.3. The van der Waals surface area contributed by atoms with Crippen LogP contribution in [-0.4, -0.2) is 85.3 Å². The first-order valence-corrected chi connectivity index (χ1v) is 6.30. The highest BCUT2D eigenvalue weighted by atomic mass is 16.7. The lowest BCUT2D eigenvalue weighted by Gasteiger charge is -2.45. The zero-order valence-electron chi connectivity index (χ0n) is 10.2. The van der Waals surface area contributed by atoms with Crippen LogP contribution in [0.25, 0.3) is 0 Å². The van der Waals surface area contributed by atoms with Crippen molar-refractivity contribution in [3.63, 3.8) is 0 Å². The summed E-state index contributed by atoms with van der Waals surface area (Å²) in [7, 11) is 2.11. The highest BCUT2D eigenvalue weighted by Crippen LogP contribution is 2.30. The van der Waals surface area contributed by atoms with Crippen molar-refractivity contribution in [2.75, 3.05) is 39.8 Å². The summed E-state index contributed by atoms with van der Waals surface area (Å²) in [4.78, 5) is 4.53. The van der Waals surface area contributed by atoms with E-state index in [1.807, 2.05) is 0 Å². The average molecular weight is 243 g/mol. The molecule has 5 unspecified atom stereocenters. The Bertz CT molecular complexity index is 283. The third-order valence-corrected chi connectivity index (χ3v) is 4.15. The van der Waals surface area contributed by atoms with Gasteiger partial charge in [-0.25, -0.2) is 0 Å². The summed E-state index contributed by atoms with van der Waals surface area (Å²) in [6, 6.07) is -0.448. The Morgan fingerprint density at radius 3 is 2.65 bits per heavy atom. The van der Waals surface area contributed by atoms with E-state index in [0.29, 0.717) is 6.61 Å². The zero-order chi connectivity index (χ0) is 12.0. The Morgan fingerprint density at radius 1 is 1.24 bits per heavy atom. The predicted octanol–water partition coefficient (Wildman–Crippen LogP) is -1.95. The van der Waals surface area contributed by atoms with Crippen LogP contribution in [0.4, 0.5) is 0 Å². The fraction of sp³-hybridized carbons (Fsp3) is 1.00. The molecule has 3 aliphatic rings. The lowest BCUT2D eigenvalue weighted by Crippen LogP contribution is -2.65. The molecule has 3 N–H and O–H groups in total. The molecule has 6 nitrogen and oxygen atoms in total. The van der Waals surface area contributed by atoms with E-state index >= 15 is 0 Å². The molecule has 2 bridgehead atoms. The van der Waals surface area contributed by atoms with E-state index in [9.17, 15) is 5.11 Å². The van der Waals surface area contributed by atoms with Gasteiger partial charge < -0.3 is 25.2 Å². The summed E-state index contributed by atoms with van der Waals surface area (Å²) in [5, 5.41) is 10.3. The van der Waals surface area contributed by atoms with Crippen LogP contribution in [0.2, 0.25) is 0 Å². The van der Waals surface area contributed by atoms with Gasteiger partial charge in [-0.05, 0) is 7.05 Å². The third-order valence-electron chi connectivity index (χ3n) is 4.15. The van der Waals surface area contributed by atoms with Crippen LogP contribution in [-0.2, 0) is 9.47 Å². The summed E-state index contributed by atoms with van der Waals surface area (Å²) >= 11 is 0. The minimum absolute atomic E-state index is 0.113. The Balaban J connectivity index is 1.72. The first kappa shape index (κ1) is 11.8. The van der Waals surface area contributed by atoms with Crippen LogP contribution in [0.5, 0.6) is 0 Å². The lowest BCUT2D eigenvalue weighted by atomic mass is 9.95. The van der Waals surface area contributed by atoms with E-state index < -0.39 is 6.10 Å². The van der Waals surface area contributed by atoms with Gasteiger partial charge in [0.25, 0.3) is 0 Å². The Kier molecular flexibility index (Phi) is 3.10. The molecular formula is C11H21N3O3. The molecular weight excluding hydrogens is 222 g/mol. The monoisotopic (exact) mass is 243 g/mol. The normalized spacial score (nSPS) is 48.5. The van der Waals surface area contributed by atoms with Crippen LogP contribution in [0.1, 0.15) is 0 Å². The molecule has 0 radical (unpaired) electrons. The van der Waals surface area contributed by atoms with Crippen molar-refractivity contribution in [1.29, 1.82) is 0 Å². The topological polar surface area (TPSA) is 71.2 Å². The second-order valence-corrected chi connectivity index (χ2v) is 5.27. The molecule has 0 aromatic carbocycles. The number of nitrogens with two attached hydrogens (primary N) is 1. The van der Waals surface area contributed by atoms with Gasteiger partial charge in [0.1, 0.15) is 6.10 Å². The molecule has 0 aromatic heterocycles. The Hall–Kier alpha value is -0.240. The van der Waals surface area contributed by atoms with E-state index in [1.165, 1.54) is 0 Å². The van der Waals surface area contributed by atoms with E-state index in [-0.39, 0.29) is 24.5 Å². The van der Waals surface area contributed by atoms with Crippen molar-refractivity contribution in [1.82, 2.24) is 9.80 Å². The second-order valence-electron chi connectivity index (χ2n) is 5.27. The average Bonchev–Trinajstić information content (AvgIpc) is 2.75. The second kappa shape index (κ2) is 4.46. The molecule has 98 valence electrons. The molecule has 0 amide bonds. The Labute approximate surface area is 101 Å². The van der Waals surface area contributed by atoms with Gasteiger partial charge in [0.15, 0.2) is 6.29 Å². The fourth-order valence-electron chi connectivity index (χ4n) is 2.94. The number of nitrogens with zero attached hydrogens (tertiary/aromatic N) is 2. The summed E-state index contributed by atoms with van der Waals surface area (Å²) < 4.78 is 11.3. The lowest BCUT2D eigenvalue weighted by molar-refractivity contribution is -0.181. The van der Waals surface area contributed by atoms with Crippen LogP contribution in [0.3, 0.4) is 0 Å². The number of piperazine rings is 1. The molecule has 0 saturated carbocycles. The first-order chi connectivity index (χ1) is 8.16.